The van der Waals surface area contributed by atoms with Crippen LogP contribution in [0.1, 0.15) is 5.69 Å². The lowest BCUT2D eigenvalue weighted by Crippen LogP contribution is -2.09. The standard InChI is InChI=1S/C6H7ClN6/c1-2-3-4(11-8)9-6(7)10-5(3)13-12-2/h8H2,1H3,(H2,9,10,11,12,13). The Bertz CT molecular complexity index is 450. The number of H-pyrrole nitrogens is 1. The van der Waals surface area contributed by atoms with Crippen LogP contribution in [0.5, 0.6) is 0 Å². The Labute approximate surface area is 78.5 Å². The molecule has 0 aliphatic rings. The van der Waals surface area contributed by atoms with Crippen molar-refractivity contribution in [3.8, 4) is 0 Å². The maximum Gasteiger partial charge on any atom is 0.226 e. The average molecular weight is 199 g/mol. The molecule has 6 nitrogen and oxygen atoms in total. The number of nitrogens with two attached hydrogens (primary N) is 1. The van der Waals surface area contributed by atoms with E-state index in [9.17, 15) is 0 Å². The first kappa shape index (κ1) is 8.21. The fourth-order valence-electron chi connectivity index (χ4n) is 1.15. The summed E-state index contributed by atoms with van der Waals surface area (Å²) in [5, 5.41) is 7.57. The second kappa shape index (κ2) is 2.82. The Balaban J connectivity index is 2.85. The summed E-state index contributed by atoms with van der Waals surface area (Å²) in [5.41, 5.74) is 3.79. The van der Waals surface area contributed by atoms with E-state index in [2.05, 4.69) is 25.6 Å². The molecule has 0 aliphatic heterocycles. The van der Waals surface area contributed by atoms with Crippen LogP contribution in [0.15, 0.2) is 0 Å². The second-order valence-electron chi connectivity index (χ2n) is 2.52. The molecule has 0 aliphatic carbocycles. The predicted molar refractivity (Wildman–Crippen MR) is 49.2 cm³/mol. The van der Waals surface area contributed by atoms with Gasteiger partial charge < -0.3 is 5.43 Å². The van der Waals surface area contributed by atoms with Gasteiger partial charge in [0.05, 0.1) is 11.1 Å². The molecular formula is C6H7ClN6. The number of anilines is 1. The summed E-state index contributed by atoms with van der Waals surface area (Å²) < 4.78 is 0. The first-order valence-corrected chi connectivity index (χ1v) is 3.95. The van der Waals surface area contributed by atoms with Crippen molar-refractivity contribution in [3.05, 3.63) is 11.0 Å². The third kappa shape index (κ3) is 1.20. The number of aromatic amines is 1. The van der Waals surface area contributed by atoms with Gasteiger partial charge in [-0.2, -0.15) is 15.1 Å². The Hall–Kier alpha value is -1.40. The summed E-state index contributed by atoms with van der Waals surface area (Å²) >= 11 is 5.65. The highest BCUT2D eigenvalue weighted by molar-refractivity contribution is 6.28. The smallest absolute Gasteiger partial charge is 0.226 e. The van der Waals surface area contributed by atoms with E-state index in [1.807, 2.05) is 6.92 Å². The van der Waals surface area contributed by atoms with E-state index in [0.29, 0.717) is 11.5 Å². The normalized spacial score (nSPS) is 10.7. The number of aryl methyl sites for hydroxylation is 1. The number of nitrogens with one attached hydrogen (secondary N) is 2. The SMILES string of the molecule is Cc1n[nH]c2nc(Cl)nc(NN)c12. The van der Waals surface area contributed by atoms with Gasteiger partial charge in [-0.05, 0) is 18.5 Å². The first-order valence-electron chi connectivity index (χ1n) is 3.57. The molecule has 0 amide bonds. The minimum absolute atomic E-state index is 0.129. The summed E-state index contributed by atoms with van der Waals surface area (Å²) in [7, 11) is 0. The first-order chi connectivity index (χ1) is 6.22. The number of hydrogen-bond acceptors (Lipinski definition) is 5. The van der Waals surface area contributed by atoms with Crippen molar-refractivity contribution in [3.63, 3.8) is 0 Å². The van der Waals surface area contributed by atoms with Gasteiger partial charge in [-0.15, -0.1) is 0 Å². The van der Waals surface area contributed by atoms with Crippen LogP contribution >= 0.6 is 11.6 Å². The maximum absolute atomic E-state index is 5.65. The molecule has 0 aromatic carbocycles. The molecule has 0 saturated heterocycles. The highest BCUT2D eigenvalue weighted by atomic mass is 35.5. The highest BCUT2D eigenvalue weighted by Crippen LogP contribution is 2.21. The van der Waals surface area contributed by atoms with E-state index in [1.165, 1.54) is 0 Å². The number of nitrogen functional groups attached to an aromatic ring is 1. The third-order valence-corrected chi connectivity index (χ3v) is 1.88. The molecule has 0 unspecified atom stereocenters. The monoisotopic (exact) mass is 198 g/mol. The lowest BCUT2D eigenvalue weighted by atomic mass is 10.3. The van der Waals surface area contributed by atoms with Crippen molar-refractivity contribution >= 4 is 28.5 Å². The number of halogens is 1. The van der Waals surface area contributed by atoms with Crippen LogP contribution in [-0.2, 0) is 0 Å². The molecule has 0 saturated carbocycles. The Morgan fingerprint density at radius 3 is 2.92 bits per heavy atom. The van der Waals surface area contributed by atoms with Gasteiger partial charge in [-0.25, -0.2) is 5.84 Å². The van der Waals surface area contributed by atoms with E-state index in [0.717, 1.165) is 11.1 Å². The van der Waals surface area contributed by atoms with Crippen molar-refractivity contribution in [1.29, 1.82) is 0 Å². The van der Waals surface area contributed by atoms with Gasteiger partial charge in [-0.1, -0.05) is 0 Å². The van der Waals surface area contributed by atoms with Crippen LogP contribution in [-0.4, -0.2) is 20.2 Å². The number of rotatable bonds is 1. The van der Waals surface area contributed by atoms with Gasteiger partial charge in [0, 0.05) is 0 Å². The number of nitrogens with zero attached hydrogens (tertiary/aromatic N) is 3. The number of hydrazine groups is 1. The summed E-state index contributed by atoms with van der Waals surface area (Å²) in [6, 6.07) is 0. The topological polar surface area (TPSA) is 92.5 Å². The number of aromatic nitrogens is 4. The fourth-order valence-corrected chi connectivity index (χ4v) is 1.32. The molecule has 0 radical (unpaired) electrons. The lowest BCUT2D eigenvalue weighted by Gasteiger charge is -2.00. The van der Waals surface area contributed by atoms with Crippen LogP contribution in [0.3, 0.4) is 0 Å². The van der Waals surface area contributed by atoms with E-state index in [1.54, 1.807) is 0 Å². The molecule has 0 spiro atoms. The van der Waals surface area contributed by atoms with Gasteiger partial charge in [-0.3, -0.25) is 5.10 Å². The quantitative estimate of drug-likeness (QED) is 0.355. The predicted octanol–water partition coefficient (Wildman–Crippen LogP) is 0.600. The Kier molecular flexibility index (Phi) is 1.78. The molecule has 68 valence electrons. The minimum Gasteiger partial charge on any atom is -0.308 e. The Morgan fingerprint density at radius 2 is 2.23 bits per heavy atom. The van der Waals surface area contributed by atoms with Crippen LogP contribution in [0.2, 0.25) is 5.28 Å². The fraction of sp³-hybridized carbons (Fsp3) is 0.167. The highest BCUT2D eigenvalue weighted by Gasteiger charge is 2.10. The molecule has 0 fully saturated rings. The number of hydrogen-bond donors (Lipinski definition) is 3. The van der Waals surface area contributed by atoms with E-state index < -0.39 is 0 Å². The minimum atomic E-state index is 0.129. The summed E-state index contributed by atoms with van der Waals surface area (Å²) in [6.45, 7) is 1.83. The summed E-state index contributed by atoms with van der Waals surface area (Å²) in [5.74, 6) is 5.75. The molecule has 4 N–H and O–H groups in total. The van der Waals surface area contributed by atoms with Crippen molar-refractivity contribution in [2.75, 3.05) is 5.43 Å². The molecule has 2 rings (SSSR count). The van der Waals surface area contributed by atoms with Gasteiger partial charge in [0.1, 0.15) is 0 Å². The van der Waals surface area contributed by atoms with Crippen LogP contribution in [0.4, 0.5) is 5.82 Å². The zero-order valence-corrected chi connectivity index (χ0v) is 7.55. The van der Waals surface area contributed by atoms with Crippen LogP contribution < -0.4 is 11.3 Å². The average Bonchev–Trinajstić information content (AvgIpc) is 2.46. The molecule has 7 heteroatoms. The Morgan fingerprint density at radius 1 is 1.46 bits per heavy atom. The van der Waals surface area contributed by atoms with E-state index in [4.69, 9.17) is 17.4 Å². The number of fused-ring (bicyclic) bond motifs is 1. The molecule has 2 heterocycles. The second-order valence-corrected chi connectivity index (χ2v) is 2.86. The van der Waals surface area contributed by atoms with Crippen LogP contribution in [0, 0.1) is 6.92 Å². The zero-order chi connectivity index (χ0) is 9.42. The third-order valence-electron chi connectivity index (χ3n) is 1.71. The van der Waals surface area contributed by atoms with Gasteiger partial charge in [0.2, 0.25) is 5.28 Å². The van der Waals surface area contributed by atoms with Crippen molar-refractivity contribution < 1.29 is 0 Å². The van der Waals surface area contributed by atoms with Gasteiger partial charge in [0.15, 0.2) is 11.5 Å². The largest absolute Gasteiger partial charge is 0.308 e. The van der Waals surface area contributed by atoms with Crippen LogP contribution in [0.25, 0.3) is 11.0 Å². The summed E-state index contributed by atoms with van der Waals surface area (Å²) in [6.07, 6.45) is 0. The van der Waals surface area contributed by atoms with Crippen molar-refractivity contribution in [2.24, 2.45) is 5.84 Å². The lowest BCUT2D eigenvalue weighted by molar-refractivity contribution is 1.05. The summed E-state index contributed by atoms with van der Waals surface area (Å²) in [4.78, 5) is 7.86. The molecular weight excluding hydrogens is 192 g/mol. The molecule has 2 aromatic rings. The van der Waals surface area contributed by atoms with E-state index >= 15 is 0 Å². The molecule has 2 aromatic heterocycles. The van der Waals surface area contributed by atoms with Gasteiger partial charge >= 0.3 is 0 Å². The molecule has 0 bridgehead atoms. The van der Waals surface area contributed by atoms with Crippen molar-refractivity contribution in [2.45, 2.75) is 6.92 Å². The zero-order valence-electron chi connectivity index (χ0n) is 6.80. The molecule has 0 atom stereocenters. The maximum atomic E-state index is 5.65. The van der Waals surface area contributed by atoms with Gasteiger partial charge in [0.25, 0.3) is 0 Å². The molecule has 13 heavy (non-hydrogen) atoms. The van der Waals surface area contributed by atoms with E-state index in [-0.39, 0.29) is 5.28 Å². The van der Waals surface area contributed by atoms with Crippen molar-refractivity contribution in [1.82, 2.24) is 20.2 Å².